The van der Waals surface area contributed by atoms with Crippen molar-refractivity contribution in [1.29, 1.82) is 0 Å². The van der Waals surface area contributed by atoms with Crippen molar-refractivity contribution < 1.29 is 13.2 Å². The monoisotopic (exact) mass is 276 g/mol. The van der Waals surface area contributed by atoms with Crippen LogP contribution in [0.3, 0.4) is 0 Å². The molecule has 0 radical (unpaired) electrons. The third-order valence-electron chi connectivity index (χ3n) is 2.43. The molecule has 0 bridgehead atoms. The molecule has 2 aromatic rings. The molecular weight excluding hydrogens is 264 g/mol. The van der Waals surface area contributed by atoms with E-state index >= 15 is 0 Å². The van der Waals surface area contributed by atoms with Crippen LogP contribution in [-0.2, 0) is 10.0 Å². The van der Waals surface area contributed by atoms with Crippen LogP contribution in [0.2, 0.25) is 0 Å². The Bertz CT molecular complexity index is 655. The predicted molar refractivity (Wildman–Crippen MR) is 70.2 cm³/mol. The minimum atomic E-state index is -3.66. The van der Waals surface area contributed by atoms with Crippen LogP contribution in [0.5, 0.6) is 0 Å². The first-order valence-corrected chi connectivity index (χ1v) is 7.07. The van der Waals surface area contributed by atoms with Crippen molar-refractivity contribution in [3.8, 4) is 0 Å². The maximum atomic E-state index is 11.9. The van der Waals surface area contributed by atoms with Gasteiger partial charge in [-0.15, -0.1) is 0 Å². The lowest BCUT2D eigenvalue weighted by atomic mass is 10.2. The molecule has 19 heavy (non-hydrogen) atoms. The van der Waals surface area contributed by atoms with Crippen LogP contribution in [0.15, 0.2) is 59.6 Å². The summed E-state index contributed by atoms with van der Waals surface area (Å²) < 4.78 is 26.0. The summed E-state index contributed by atoms with van der Waals surface area (Å²) in [6.45, 7) is -0.311. The lowest BCUT2D eigenvalue weighted by Gasteiger charge is -2.05. The lowest BCUT2D eigenvalue weighted by molar-refractivity contribution is 0.0992. The number of rotatable bonds is 5. The van der Waals surface area contributed by atoms with Crippen LogP contribution in [0.25, 0.3) is 0 Å². The van der Waals surface area contributed by atoms with Gasteiger partial charge in [-0.05, 0) is 24.3 Å². The fourth-order valence-corrected chi connectivity index (χ4v) is 2.47. The van der Waals surface area contributed by atoms with Gasteiger partial charge in [0, 0.05) is 6.20 Å². The van der Waals surface area contributed by atoms with E-state index in [1.54, 1.807) is 36.4 Å². The molecule has 1 heterocycles. The summed E-state index contributed by atoms with van der Waals surface area (Å²) in [7, 11) is -3.66. The molecule has 6 heteroatoms. The highest BCUT2D eigenvalue weighted by molar-refractivity contribution is 7.89. The molecule has 0 saturated carbocycles. The van der Waals surface area contributed by atoms with Gasteiger partial charge in [0.05, 0.1) is 11.4 Å². The number of pyridine rings is 1. The quantitative estimate of drug-likeness (QED) is 0.834. The molecule has 0 atom stereocenters. The summed E-state index contributed by atoms with van der Waals surface area (Å²) >= 11 is 0. The first-order chi connectivity index (χ1) is 9.09. The van der Waals surface area contributed by atoms with Crippen LogP contribution in [0, 0.1) is 0 Å². The molecule has 0 spiro atoms. The van der Waals surface area contributed by atoms with Gasteiger partial charge in [-0.2, -0.15) is 0 Å². The van der Waals surface area contributed by atoms with Gasteiger partial charge in [-0.25, -0.2) is 13.1 Å². The predicted octanol–water partition coefficient (Wildman–Crippen LogP) is 1.24. The first kappa shape index (κ1) is 13.4. The van der Waals surface area contributed by atoms with E-state index in [9.17, 15) is 13.2 Å². The average Bonchev–Trinajstić information content (AvgIpc) is 2.47. The Hall–Kier alpha value is -2.05. The van der Waals surface area contributed by atoms with E-state index in [0.717, 1.165) is 0 Å². The van der Waals surface area contributed by atoms with Crippen LogP contribution < -0.4 is 4.72 Å². The van der Waals surface area contributed by atoms with Crippen LogP contribution in [0.4, 0.5) is 0 Å². The largest absolute Gasteiger partial charge is 0.291 e. The minimum Gasteiger partial charge on any atom is -0.291 e. The number of carbonyl (C=O) groups excluding carboxylic acids is 1. The van der Waals surface area contributed by atoms with E-state index in [4.69, 9.17) is 0 Å². The molecule has 5 nitrogen and oxygen atoms in total. The smallest absolute Gasteiger partial charge is 0.240 e. The number of ketones is 1. The van der Waals surface area contributed by atoms with Crippen LogP contribution in [0.1, 0.15) is 10.5 Å². The molecule has 98 valence electrons. The molecule has 0 aliphatic carbocycles. The van der Waals surface area contributed by atoms with Crippen LogP contribution in [-0.4, -0.2) is 25.7 Å². The highest BCUT2D eigenvalue weighted by Gasteiger charge is 2.15. The Morgan fingerprint density at radius 3 is 2.37 bits per heavy atom. The van der Waals surface area contributed by atoms with E-state index in [-0.39, 0.29) is 22.9 Å². The topological polar surface area (TPSA) is 76.1 Å². The van der Waals surface area contributed by atoms with Crippen molar-refractivity contribution in [2.75, 3.05) is 6.54 Å². The highest BCUT2D eigenvalue weighted by Crippen LogP contribution is 2.06. The second-order valence-corrected chi connectivity index (χ2v) is 5.54. The minimum absolute atomic E-state index is 0.129. The number of aromatic nitrogens is 1. The zero-order valence-electron chi connectivity index (χ0n) is 9.98. The Labute approximate surface area is 111 Å². The van der Waals surface area contributed by atoms with Gasteiger partial charge >= 0.3 is 0 Å². The van der Waals surface area contributed by atoms with Gasteiger partial charge in [-0.1, -0.05) is 24.3 Å². The molecule has 0 saturated heterocycles. The number of hydrogen-bond donors (Lipinski definition) is 1. The molecule has 0 fully saturated rings. The number of hydrogen-bond acceptors (Lipinski definition) is 4. The third kappa shape index (κ3) is 3.46. The summed E-state index contributed by atoms with van der Waals surface area (Å²) in [5.74, 6) is -0.375. The van der Waals surface area contributed by atoms with E-state index in [2.05, 4.69) is 9.71 Å². The van der Waals surface area contributed by atoms with Crippen molar-refractivity contribution in [1.82, 2.24) is 9.71 Å². The van der Waals surface area contributed by atoms with Crippen LogP contribution >= 0.6 is 0 Å². The van der Waals surface area contributed by atoms with Gasteiger partial charge in [0.25, 0.3) is 0 Å². The Morgan fingerprint density at radius 2 is 1.74 bits per heavy atom. The molecule has 0 aliphatic rings. The number of nitrogens with zero attached hydrogens (tertiary/aromatic N) is 1. The van der Waals surface area contributed by atoms with Gasteiger partial charge in [0.15, 0.2) is 5.78 Å². The van der Waals surface area contributed by atoms with Gasteiger partial charge < -0.3 is 0 Å². The summed E-state index contributed by atoms with van der Waals surface area (Å²) in [4.78, 5) is 15.7. The Morgan fingerprint density at radius 1 is 1.05 bits per heavy atom. The Kier molecular flexibility index (Phi) is 4.03. The van der Waals surface area contributed by atoms with Gasteiger partial charge in [0.2, 0.25) is 10.0 Å². The molecule has 0 aliphatic heterocycles. The van der Waals surface area contributed by atoms with E-state index in [0.29, 0.717) is 0 Å². The second kappa shape index (κ2) is 5.73. The summed E-state index contributed by atoms with van der Waals surface area (Å²) in [6, 6.07) is 12.8. The second-order valence-electron chi connectivity index (χ2n) is 3.78. The van der Waals surface area contributed by atoms with Crippen molar-refractivity contribution in [3.05, 3.63) is 60.4 Å². The zero-order valence-corrected chi connectivity index (χ0v) is 10.8. The molecular formula is C13H12N2O3S. The van der Waals surface area contributed by atoms with Crippen molar-refractivity contribution >= 4 is 15.8 Å². The number of sulfonamides is 1. The maximum absolute atomic E-state index is 11.9. The molecule has 0 unspecified atom stereocenters. The van der Waals surface area contributed by atoms with Gasteiger partial charge in [-0.3, -0.25) is 9.78 Å². The molecule has 0 amide bonds. The molecule has 1 aromatic carbocycles. The SMILES string of the molecule is O=C(CNS(=O)(=O)c1ccccc1)c1ccccn1. The van der Waals surface area contributed by atoms with E-state index in [1.165, 1.54) is 18.3 Å². The number of carbonyl (C=O) groups is 1. The highest BCUT2D eigenvalue weighted by atomic mass is 32.2. The number of benzene rings is 1. The third-order valence-corrected chi connectivity index (χ3v) is 3.84. The average molecular weight is 276 g/mol. The summed E-state index contributed by atoms with van der Waals surface area (Å²) in [5.41, 5.74) is 0.235. The number of Topliss-reactive ketones (excluding diaryl/α,β-unsaturated/α-hetero) is 1. The molecule has 2 rings (SSSR count). The zero-order chi connectivity index (χ0) is 13.7. The fraction of sp³-hybridized carbons (Fsp3) is 0.0769. The number of nitrogens with one attached hydrogen (secondary N) is 1. The fourth-order valence-electron chi connectivity index (χ4n) is 1.46. The molecule has 1 N–H and O–H groups in total. The first-order valence-electron chi connectivity index (χ1n) is 5.58. The summed E-state index contributed by atoms with van der Waals surface area (Å²) in [6.07, 6.45) is 1.49. The van der Waals surface area contributed by atoms with Gasteiger partial charge in [0.1, 0.15) is 5.69 Å². The molecule has 1 aromatic heterocycles. The van der Waals surface area contributed by atoms with Crippen molar-refractivity contribution in [2.24, 2.45) is 0 Å². The standard InChI is InChI=1S/C13H12N2O3S/c16-13(12-8-4-5-9-14-12)10-15-19(17,18)11-6-2-1-3-7-11/h1-9,15H,10H2. The maximum Gasteiger partial charge on any atom is 0.240 e. The van der Waals surface area contributed by atoms with Crippen molar-refractivity contribution in [2.45, 2.75) is 4.90 Å². The lowest BCUT2D eigenvalue weighted by Crippen LogP contribution is -2.30. The van der Waals surface area contributed by atoms with E-state index in [1.807, 2.05) is 0 Å². The van der Waals surface area contributed by atoms with E-state index < -0.39 is 10.0 Å². The normalized spacial score (nSPS) is 11.2. The summed E-state index contributed by atoms with van der Waals surface area (Å²) in [5, 5.41) is 0. The Balaban J connectivity index is 2.05. The van der Waals surface area contributed by atoms with Crippen molar-refractivity contribution in [3.63, 3.8) is 0 Å².